The third kappa shape index (κ3) is 7.77. The molecule has 1 atom stereocenters. The summed E-state index contributed by atoms with van der Waals surface area (Å²) in [5.74, 6) is 0.770. The van der Waals surface area contributed by atoms with E-state index in [1.807, 2.05) is 6.92 Å². The van der Waals surface area contributed by atoms with Crippen LogP contribution in [0.4, 0.5) is 4.39 Å². The lowest BCUT2D eigenvalue weighted by Gasteiger charge is -2.09. The van der Waals surface area contributed by atoms with Gasteiger partial charge in [-0.25, -0.2) is 4.39 Å². The molecule has 0 saturated carbocycles. The molecule has 0 aromatic carbocycles. The molecule has 2 heteroatoms. The number of rotatable bonds is 7. The highest BCUT2D eigenvalue weighted by atomic mass is 127. The Morgan fingerprint density at radius 2 is 1.93 bits per heavy atom. The maximum atomic E-state index is 13.4. The van der Waals surface area contributed by atoms with Crippen molar-refractivity contribution in [3.05, 3.63) is 11.9 Å². The zero-order valence-electron chi connectivity index (χ0n) is 9.52. The van der Waals surface area contributed by atoms with Crippen LogP contribution in [0.25, 0.3) is 0 Å². The van der Waals surface area contributed by atoms with Crippen molar-refractivity contribution in [1.29, 1.82) is 0 Å². The maximum absolute atomic E-state index is 13.4. The van der Waals surface area contributed by atoms with Crippen molar-refractivity contribution in [2.75, 3.05) is 4.43 Å². The van der Waals surface area contributed by atoms with Crippen molar-refractivity contribution < 1.29 is 4.39 Å². The van der Waals surface area contributed by atoms with E-state index in [-0.39, 0.29) is 11.7 Å². The smallest absolute Gasteiger partial charge is 0.0987 e. The van der Waals surface area contributed by atoms with Crippen molar-refractivity contribution in [2.24, 2.45) is 11.8 Å². The highest BCUT2D eigenvalue weighted by molar-refractivity contribution is 14.1. The average Bonchev–Trinajstić information content (AvgIpc) is 2.14. The van der Waals surface area contributed by atoms with Crippen LogP contribution in [0.5, 0.6) is 0 Å². The van der Waals surface area contributed by atoms with Gasteiger partial charge in [0.15, 0.2) is 0 Å². The monoisotopic (exact) mass is 312 g/mol. The first-order chi connectivity index (χ1) is 6.57. The third-order valence-electron chi connectivity index (χ3n) is 2.28. The number of halogens is 2. The van der Waals surface area contributed by atoms with Gasteiger partial charge in [0.1, 0.15) is 0 Å². The van der Waals surface area contributed by atoms with Gasteiger partial charge >= 0.3 is 0 Å². The molecule has 0 bridgehead atoms. The summed E-state index contributed by atoms with van der Waals surface area (Å²) in [5, 5.41) is 0. The lowest BCUT2D eigenvalue weighted by atomic mass is 10.0. The van der Waals surface area contributed by atoms with E-state index < -0.39 is 0 Å². The van der Waals surface area contributed by atoms with Gasteiger partial charge < -0.3 is 0 Å². The van der Waals surface area contributed by atoms with E-state index in [1.165, 1.54) is 10.8 Å². The van der Waals surface area contributed by atoms with Crippen molar-refractivity contribution in [3.8, 4) is 0 Å². The third-order valence-corrected chi connectivity index (χ3v) is 3.04. The van der Waals surface area contributed by atoms with Gasteiger partial charge in [0.05, 0.1) is 5.83 Å². The first-order valence-corrected chi connectivity index (χ1v) is 7.02. The molecule has 0 radical (unpaired) electrons. The lowest BCUT2D eigenvalue weighted by Crippen LogP contribution is -1.96. The number of hydrogen-bond acceptors (Lipinski definition) is 0. The molecular weight excluding hydrogens is 290 g/mol. The maximum Gasteiger partial charge on any atom is 0.0987 e. The molecule has 0 N–H and O–H groups in total. The van der Waals surface area contributed by atoms with E-state index in [2.05, 4.69) is 36.4 Å². The first-order valence-electron chi connectivity index (χ1n) is 5.49. The van der Waals surface area contributed by atoms with Crippen LogP contribution in [0.2, 0.25) is 0 Å². The second-order valence-corrected chi connectivity index (χ2v) is 5.38. The molecule has 0 amide bonds. The minimum atomic E-state index is 0.0900. The second-order valence-electron chi connectivity index (χ2n) is 4.30. The van der Waals surface area contributed by atoms with Crippen LogP contribution in [-0.4, -0.2) is 4.43 Å². The highest BCUT2D eigenvalue weighted by Crippen LogP contribution is 2.20. The first kappa shape index (κ1) is 14.4. The summed E-state index contributed by atoms with van der Waals surface area (Å²) in [7, 11) is 0. The quantitative estimate of drug-likeness (QED) is 0.347. The molecule has 0 aliphatic rings. The summed E-state index contributed by atoms with van der Waals surface area (Å²) in [6.07, 6.45) is 5.97. The van der Waals surface area contributed by atoms with Crippen LogP contribution in [0, 0.1) is 11.8 Å². The fraction of sp³-hybridized carbons (Fsp3) is 0.833. The predicted octanol–water partition coefficient (Wildman–Crippen LogP) is 5.13. The standard InChI is InChI=1S/C12H22FI/c1-10(2)7-8-12(13)11(3)6-4-5-9-14/h8,10-11H,4-7,9H2,1-3H3/b12-8+. The van der Waals surface area contributed by atoms with Gasteiger partial charge in [-0.05, 0) is 29.6 Å². The summed E-state index contributed by atoms with van der Waals surface area (Å²) in [4.78, 5) is 0. The number of alkyl halides is 1. The van der Waals surface area contributed by atoms with Gasteiger partial charge in [-0.15, -0.1) is 0 Å². The fourth-order valence-corrected chi connectivity index (χ4v) is 1.77. The Labute approximate surface area is 101 Å². The second kappa shape index (κ2) is 8.69. The highest BCUT2D eigenvalue weighted by Gasteiger charge is 2.07. The molecule has 1 unspecified atom stereocenters. The van der Waals surface area contributed by atoms with E-state index in [9.17, 15) is 4.39 Å². The largest absolute Gasteiger partial charge is 0.212 e. The molecule has 0 saturated heterocycles. The van der Waals surface area contributed by atoms with Gasteiger partial charge in [0.25, 0.3) is 0 Å². The Hall–Kier alpha value is 0.400. The number of allylic oxidation sites excluding steroid dienone is 2. The zero-order chi connectivity index (χ0) is 11.0. The van der Waals surface area contributed by atoms with Gasteiger partial charge in [0, 0.05) is 5.92 Å². The molecule has 0 aromatic rings. The van der Waals surface area contributed by atoms with E-state index in [4.69, 9.17) is 0 Å². The Kier molecular flexibility index (Phi) is 8.94. The van der Waals surface area contributed by atoms with Crippen molar-refractivity contribution in [3.63, 3.8) is 0 Å². The minimum Gasteiger partial charge on any atom is -0.212 e. The normalized spacial score (nSPS) is 14.9. The molecule has 14 heavy (non-hydrogen) atoms. The van der Waals surface area contributed by atoms with E-state index in [1.54, 1.807) is 6.08 Å². The molecule has 0 fully saturated rings. The van der Waals surface area contributed by atoms with Gasteiger partial charge in [0.2, 0.25) is 0 Å². The van der Waals surface area contributed by atoms with Crippen molar-refractivity contribution >= 4 is 22.6 Å². The van der Waals surface area contributed by atoms with Crippen molar-refractivity contribution in [1.82, 2.24) is 0 Å². The lowest BCUT2D eigenvalue weighted by molar-refractivity contribution is 0.449. The van der Waals surface area contributed by atoms with E-state index in [0.29, 0.717) is 5.92 Å². The van der Waals surface area contributed by atoms with Crippen LogP contribution in [0.1, 0.15) is 46.5 Å². The molecular formula is C12H22FI. The summed E-state index contributed by atoms with van der Waals surface area (Å²) in [5.41, 5.74) is 0. The van der Waals surface area contributed by atoms with Crippen LogP contribution >= 0.6 is 22.6 Å². The van der Waals surface area contributed by atoms with Crippen molar-refractivity contribution in [2.45, 2.75) is 46.5 Å². The molecule has 0 nitrogen and oxygen atoms in total. The predicted molar refractivity (Wildman–Crippen MR) is 70.5 cm³/mol. The number of unbranched alkanes of at least 4 members (excludes halogenated alkanes) is 1. The van der Waals surface area contributed by atoms with E-state index in [0.717, 1.165) is 19.3 Å². The van der Waals surface area contributed by atoms with E-state index >= 15 is 0 Å². The summed E-state index contributed by atoms with van der Waals surface area (Å²) < 4.78 is 14.6. The average molecular weight is 312 g/mol. The molecule has 0 aliphatic carbocycles. The fourth-order valence-electron chi connectivity index (χ4n) is 1.23. The van der Waals surface area contributed by atoms with Crippen LogP contribution in [0.3, 0.4) is 0 Å². The summed E-state index contributed by atoms with van der Waals surface area (Å²) in [6, 6.07) is 0. The molecule has 0 aromatic heterocycles. The van der Waals surface area contributed by atoms with Gasteiger partial charge in [-0.1, -0.05) is 55.9 Å². The Morgan fingerprint density at radius 1 is 1.29 bits per heavy atom. The zero-order valence-corrected chi connectivity index (χ0v) is 11.7. The summed E-state index contributed by atoms with van der Waals surface area (Å²) >= 11 is 2.37. The van der Waals surface area contributed by atoms with Crippen LogP contribution < -0.4 is 0 Å². The Balaban J connectivity index is 3.73. The summed E-state index contributed by atoms with van der Waals surface area (Å²) in [6.45, 7) is 6.22. The molecule has 0 heterocycles. The molecule has 0 aliphatic heterocycles. The van der Waals surface area contributed by atoms with Crippen LogP contribution in [-0.2, 0) is 0 Å². The number of hydrogen-bond donors (Lipinski definition) is 0. The van der Waals surface area contributed by atoms with Gasteiger partial charge in [-0.3, -0.25) is 0 Å². The topological polar surface area (TPSA) is 0 Å². The molecule has 84 valence electrons. The molecule has 0 rings (SSSR count). The van der Waals surface area contributed by atoms with Gasteiger partial charge in [-0.2, -0.15) is 0 Å². The Bertz CT molecular complexity index is 164. The SMILES string of the molecule is CC(C)C/C=C(/F)C(C)CCCCI. The molecule has 0 spiro atoms. The minimum absolute atomic E-state index is 0.0900. The Morgan fingerprint density at radius 3 is 2.43 bits per heavy atom. The van der Waals surface area contributed by atoms with Crippen LogP contribution in [0.15, 0.2) is 11.9 Å².